The van der Waals surface area contributed by atoms with Gasteiger partial charge in [0.1, 0.15) is 0 Å². The molecule has 0 aromatic heterocycles. The van der Waals surface area contributed by atoms with Crippen LogP contribution in [-0.2, 0) is 0 Å². The van der Waals surface area contributed by atoms with Crippen LogP contribution in [0.15, 0.2) is 0 Å². The largest absolute Gasteiger partial charge is 0.271 e. The first kappa shape index (κ1) is 9.25. The Morgan fingerprint density at radius 2 is 1.38 bits per heavy atom. The van der Waals surface area contributed by atoms with Crippen LogP contribution in [0.5, 0.6) is 0 Å². The molecule has 0 aliphatic rings. The van der Waals surface area contributed by atoms with Crippen molar-refractivity contribution in [1.82, 2.24) is 0 Å². The fourth-order valence-electron chi connectivity index (χ4n) is 0.110. The van der Waals surface area contributed by atoms with E-state index in [1.165, 1.54) is 0 Å². The second-order valence-corrected chi connectivity index (χ2v) is 6.18. The third kappa shape index (κ3) is 3.31. The maximum atomic E-state index is 11.9. The van der Waals surface area contributed by atoms with Crippen LogP contribution in [0.25, 0.3) is 0 Å². The maximum Gasteiger partial charge on any atom is 0.271 e. The number of rotatable bonds is 2. The Balaban J connectivity index is 3.46. The van der Waals surface area contributed by atoms with Crippen molar-refractivity contribution in [1.29, 1.82) is 0 Å². The summed E-state index contributed by atoms with van der Waals surface area (Å²) in [5, 5.41) is 0. The molecule has 0 aliphatic carbocycles. The molecule has 0 spiro atoms. The topological polar surface area (TPSA) is 0 Å². The molecule has 0 saturated carbocycles. The predicted octanol–water partition coefficient (Wildman–Crippen LogP) is 2.79. The SMILES string of the molecule is FC(F)C(F)C(I)I. The van der Waals surface area contributed by atoms with Gasteiger partial charge < -0.3 is 0 Å². The highest BCUT2D eigenvalue weighted by Crippen LogP contribution is 2.22. The second-order valence-electron chi connectivity index (χ2n) is 1.11. The molecule has 0 N–H and O–H groups in total. The first-order valence-electron chi connectivity index (χ1n) is 1.76. The number of halogens is 5. The van der Waals surface area contributed by atoms with Gasteiger partial charge in [-0.15, -0.1) is 0 Å². The van der Waals surface area contributed by atoms with E-state index in [2.05, 4.69) is 0 Å². The van der Waals surface area contributed by atoms with Crippen molar-refractivity contribution in [2.45, 2.75) is 14.5 Å². The van der Waals surface area contributed by atoms with Gasteiger partial charge >= 0.3 is 0 Å². The zero-order chi connectivity index (χ0) is 6.73. The Morgan fingerprint density at radius 3 is 1.38 bits per heavy atom. The Hall–Kier alpha value is 1.25. The lowest BCUT2D eigenvalue weighted by Gasteiger charge is -2.05. The van der Waals surface area contributed by atoms with Gasteiger partial charge in [0.25, 0.3) is 6.43 Å². The van der Waals surface area contributed by atoms with Gasteiger partial charge in [0.15, 0.2) is 6.17 Å². The standard InChI is InChI=1S/C3H3F3I2/c4-1(2(5)6)3(7)8/h1-3H. The van der Waals surface area contributed by atoms with Crippen LogP contribution in [-0.4, -0.2) is 14.5 Å². The van der Waals surface area contributed by atoms with Crippen LogP contribution in [0.1, 0.15) is 0 Å². The summed E-state index contributed by atoms with van der Waals surface area (Å²) in [4.78, 5) is 0. The quantitative estimate of drug-likeness (QED) is 0.531. The minimum absolute atomic E-state index is 0.634. The fraction of sp³-hybridized carbons (Fsp3) is 1.00. The average molecular weight is 350 g/mol. The van der Waals surface area contributed by atoms with Crippen molar-refractivity contribution in [3.05, 3.63) is 0 Å². The molecule has 1 atom stereocenters. The fourth-order valence-corrected chi connectivity index (χ4v) is 0.738. The molecule has 0 aromatic rings. The van der Waals surface area contributed by atoms with Gasteiger partial charge in [-0.2, -0.15) is 0 Å². The highest BCUT2D eigenvalue weighted by molar-refractivity contribution is 14.2. The van der Waals surface area contributed by atoms with Crippen molar-refractivity contribution in [2.24, 2.45) is 0 Å². The molecule has 5 heteroatoms. The third-order valence-corrected chi connectivity index (χ3v) is 1.86. The normalized spacial score (nSPS) is 15.4. The number of hydrogen-bond acceptors (Lipinski definition) is 0. The monoisotopic (exact) mass is 350 g/mol. The highest BCUT2D eigenvalue weighted by atomic mass is 127. The molecule has 0 saturated heterocycles. The van der Waals surface area contributed by atoms with Crippen molar-refractivity contribution >= 4 is 45.2 Å². The summed E-state index contributed by atoms with van der Waals surface area (Å²) in [6, 6.07) is 0. The van der Waals surface area contributed by atoms with E-state index >= 15 is 0 Å². The van der Waals surface area contributed by atoms with Gasteiger partial charge in [-0.1, -0.05) is 45.2 Å². The van der Waals surface area contributed by atoms with Crippen molar-refractivity contribution in [3.63, 3.8) is 0 Å². The lowest BCUT2D eigenvalue weighted by molar-refractivity contribution is 0.0623. The van der Waals surface area contributed by atoms with Crippen LogP contribution in [0.2, 0.25) is 0 Å². The van der Waals surface area contributed by atoms with Gasteiger partial charge in [0.2, 0.25) is 0 Å². The molecule has 0 heterocycles. The summed E-state index contributed by atoms with van der Waals surface area (Å²) in [6.45, 7) is 0. The van der Waals surface area contributed by atoms with Crippen molar-refractivity contribution in [2.75, 3.05) is 0 Å². The molecule has 0 aromatic carbocycles. The van der Waals surface area contributed by atoms with E-state index in [0.29, 0.717) is 0 Å². The summed E-state index contributed by atoms with van der Waals surface area (Å²) in [5.74, 6) is 0. The summed E-state index contributed by atoms with van der Waals surface area (Å²) in [5.41, 5.74) is 0. The van der Waals surface area contributed by atoms with Gasteiger partial charge in [-0.05, 0) is 0 Å². The van der Waals surface area contributed by atoms with Gasteiger partial charge in [-0.3, -0.25) is 0 Å². The Morgan fingerprint density at radius 1 is 1.00 bits per heavy atom. The van der Waals surface area contributed by atoms with E-state index in [4.69, 9.17) is 0 Å². The minimum atomic E-state index is -2.84. The Bertz CT molecular complexity index is 57.5. The lowest BCUT2D eigenvalue weighted by atomic mass is 10.5. The van der Waals surface area contributed by atoms with Crippen LogP contribution < -0.4 is 0 Å². The van der Waals surface area contributed by atoms with Crippen LogP contribution in [0, 0.1) is 0 Å². The first-order valence-corrected chi connectivity index (χ1v) is 4.25. The zero-order valence-electron chi connectivity index (χ0n) is 3.62. The third-order valence-electron chi connectivity index (χ3n) is 0.481. The van der Waals surface area contributed by atoms with E-state index in [0.717, 1.165) is 0 Å². The average Bonchev–Trinajstić information content (AvgIpc) is 1.64. The van der Waals surface area contributed by atoms with Crippen LogP contribution >= 0.6 is 45.2 Å². The lowest BCUT2D eigenvalue weighted by Crippen LogP contribution is -2.18. The molecule has 0 radical (unpaired) electrons. The summed E-state index contributed by atoms with van der Waals surface area (Å²) in [6.07, 6.45) is -4.83. The Kier molecular flexibility index (Phi) is 4.77. The second kappa shape index (κ2) is 4.13. The van der Waals surface area contributed by atoms with Crippen LogP contribution in [0.4, 0.5) is 13.2 Å². The molecule has 0 nitrogen and oxygen atoms in total. The van der Waals surface area contributed by atoms with E-state index < -0.39 is 14.5 Å². The molecule has 0 rings (SSSR count). The molecule has 8 heavy (non-hydrogen) atoms. The summed E-state index contributed by atoms with van der Waals surface area (Å²) in [7, 11) is 0. The van der Waals surface area contributed by atoms with Crippen molar-refractivity contribution in [3.8, 4) is 0 Å². The van der Waals surface area contributed by atoms with E-state index in [1.54, 1.807) is 45.2 Å². The van der Waals surface area contributed by atoms with E-state index in [9.17, 15) is 13.2 Å². The molecule has 0 fully saturated rings. The van der Waals surface area contributed by atoms with Gasteiger partial charge in [0, 0.05) is 0 Å². The number of hydrogen-bond donors (Lipinski definition) is 0. The van der Waals surface area contributed by atoms with E-state index in [-0.39, 0.29) is 0 Å². The van der Waals surface area contributed by atoms with Crippen molar-refractivity contribution < 1.29 is 13.2 Å². The molecule has 50 valence electrons. The molecular formula is C3H3F3I2. The zero-order valence-corrected chi connectivity index (χ0v) is 7.94. The number of alkyl halides is 5. The molecule has 0 bridgehead atoms. The molecule has 0 amide bonds. The molecule has 0 aliphatic heterocycles. The summed E-state index contributed by atoms with van der Waals surface area (Å²) < 4.78 is 33.8. The molecule has 1 unspecified atom stereocenters. The predicted molar refractivity (Wildman–Crippen MR) is 42.7 cm³/mol. The van der Waals surface area contributed by atoms with Gasteiger partial charge in [-0.25, -0.2) is 13.2 Å². The Labute approximate surface area is 72.5 Å². The maximum absolute atomic E-state index is 11.9. The minimum Gasteiger partial charge on any atom is -0.239 e. The highest BCUT2D eigenvalue weighted by Gasteiger charge is 2.24. The summed E-state index contributed by atoms with van der Waals surface area (Å²) >= 11 is 3.23. The first-order chi connectivity index (χ1) is 3.55. The molecular weight excluding hydrogens is 347 g/mol. The smallest absolute Gasteiger partial charge is 0.239 e. The van der Waals surface area contributed by atoms with Crippen LogP contribution in [0.3, 0.4) is 0 Å². The van der Waals surface area contributed by atoms with Gasteiger partial charge in [0.05, 0.1) is 1.93 Å². The van der Waals surface area contributed by atoms with E-state index in [1.807, 2.05) is 0 Å².